The van der Waals surface area contributed by atoms with E-state index in [4.69, 9.17) is 11.0 Å². The molecule has 1 unspecified atom stereocenters. The fourth-order valence-corrected chi connectivity index (χ4v) is 2.34. The highest BCUT2D eigenvalue weighted by Gasteiger charge is 2.24. The van der Waals surface area contributed by atoms with Crippen LogP contribution in [0.2, 0.25) is 0 Å². The van der Waals surface area contributed by atoms with Gasteiger partial charge in [-0.05, 0) is 38.2 Å². The zero-order chi connectivity index (χ0) is 12.4. The molecular formula is C13H18N4. The molecule has 17 heavy (non-hydrogen) atoms. The number of likely N-dealkylation sites (tertiary alicyclic amines) is 1. The van der Waals surface area contributed by atoms with Crippen LogP contribution in [-0.4, -0.2) is 38.1 Å². The van der Waals surface area contributed by atoms with Crippen LogP contribution in [-0.2, 0) is 0 Å². The molecule has 0 amide bonds. The van der Waals surface area contributed by atoms with E-state index in [-0.39, 0.29) is 0 Å². The maximum absolute atomic E-state index is 8.92. The second-order valence-electron chi connectivity index (χ2n) is 4.70. The van der Waals surface area contributed by atoms with Crippen molar-refractivity contribution in [3.05, 3.63) is 23.8 Å². The first-order valence-electron chi connectivity index (χ1n) is 5.83. The number of hydrogen-bond donors (Lipinski definition) is 1. The molecule has 1 atom stereocenters. The summed E-state index contributed by atoms with van der Waals surface area (Å²) in [5.74, 6) is 0. The van der Waals surface area contributed by atoms with Crippen LogP contribution in [0.25, 0.3) is 0 Å². The van der Waals surface area contributed by atoms with Gasteiger partial charge in [-0.15, -0.1) is 0 Å². The van der Waals surface area contributed by atoms with Crippen molar-refractivity contribution in [1.82, 2.24) is 4.90 Å². The lowest BCUT2D eigenvalue weighted by Crippen LogP contribution is -2.34. The fourth-order valence-electron chi connectivity index (χ4n) is 2.34. The molecule has 2 N–H and O–H groups in total. The summed E-state index contributed by atoms with van der Waals surface area (Å²) in [6, 6.07) is 8.07. The van der Waals surface area contributed by atoms with E-state index in [0.29, 0.717) is 11.6 Å². The van der Waals surface area contributed by atoms with Crippen LogP contribution in [0.1, 0.15) is 12.0 Å². The quantitative estimate of drug-likeness (QED) is 0.778. The molecule has 1 saturated heterocycles. The van der Waals surface area contributed by atoms with Gasteiger partial charge < -0.3 is 15.5 Å². The van der Waals surface area contributed by atoms with Crippen LogP contribution < -0.4 is 10.6 Å². The standard InChI is InChI=1S/C13H18N4/c1-16-6-5-11(9-16)17(2)13-7-10(8-14)3-4-12(13)15/h3-4,7,11H,5-6,9,15H2,1-2H3. The summed E-state index contributed by atoms with van der Waals surface area (Å²) in [5.41, 5.74) is 8.34. The van der Waals surface area contributed by atoms with Gasteiger partial charge in [-0.1, -0.05) is 0 Å². The maximum Gasteiger partial charge on any atom is 0.0992 e. The summed E-state index contributed by atoms with van der Waals surface area (Å²) in [7, 11) is 4.18. The summed E-state index contributed by atoms with van der Waals surface area (Å²) < 4.78 is 0. The third-order valence-corrected chi connectivity index (χ3v) is 3.45. The van der Waals surface area contributed by atoms with Crippen molar-refractivity contribution in [3.8, 4) is 6.07 Å². The lowest BCUT2D eigenvalue weighted by molar-refractivity contribution is 0.409. The molecule has 0 bridgehead atoms. The van der Waals surface area contributed by atoms with Crippen molar-refractivity contribution in [2.45, 2.75) is 12.5 Å². The zero-order valence-corrected chi connectivity index (χ0v) is 10.3. The van der Waals surface area contributed by atoms with E-state index in [1.807, 2.05) is 12.1 Å². The molecule has 1 aromatic rings. The van der Waals surface area contributed by atoms with Gasteiger partial charge in [0, 0.05) is 19.6 Å². The molecule has 0 saturated carbocycles. The lowest BCUT2D eigenvalue weighted by Gasteiger charge is -2.27. The number of hydrogen-bond acceptors (Lipinski definition) is 4. The molecule has 2 rings (SSSR count). The number of nitrogens with zero attached hydrogens (tertiary/aromatic N) is 3. The number of benzene rings is 1. The van der Waals surface area contributed by atoms with Gasteiger partial charge in [0.1, 0.15) is 0 Å². The van der Waals surface area contributed by atoms with Crippen LogP contribution >= 0.6 is 0 Å². The monoisotopic (exact) mass is 230 g/mol. The summed E-state index contributed by atoms with van der Waals surface area (Å²) in [6.07, 6.45) is 1.14. The third kappa shape index (κ3) is 2.34. The van der Waals surface area contributed by atoms with Crippen molar-refractivity contribution in [1.29, 1.82) is 5.26 Å². The molecule has 0 radical (unpaired) electrons. The number of anilines is 2. The van der Waals surface area contributed by atoms with Crippen molar-refractivity contribution < 1.29 is 0 Å². The Morgan fingerprint density at radius 3 is 2.88 bits per heavy atom. The van der Waals surface area contributed by atoms with E-state index in [1.54, 1.807) is 6.07 Å². The normalized spacial score (nSPS) is 20.2. The van der Waals surface area contributed by atoms with E-state index >= 15 is 0 Å². The lowest BCUT2D eigenvalue weighted by atomic mass is 10.1. The SMILES string of the molecule is CN1CCC(N(C)c2cc(C#N)ccc2N)C1. The maximum atomic E-state index is 8.92. The van der Waals surface area contributed by atoms with Crippen LogP contribution in [0.5, 0.6) is 0 Å². The number of nitrogens with two attached hydrogens (primary N) is 1. The van der Waals surface area contributed by atoms with Gasteiger partial charge in [0.05, 0.1) is 23.0 Å². The summed E-state index contributed by atoms with van der Waals surface area (Å²) in [5, 5.41) is 8.92. The van der Waals surface area contributed by atoms with E-state index in [2.05, 4.69) is 30.0 Å². The van der Waals surface area contributed by atoms with Crippen LogP contribution in [0.15, 0.2) is 18.2 Å². The predicted molar refractivity (Wildman–Crippen MR) is 69.9 cm³/mol. The molecule has 1 aliphatic heterocycles. The van der Waals surface area contributed by atoms with Gasteiger partial charge in [0.2, 0.25) is 0 Å². The highest BCUT2D eigenvalue weighted by molar-refractivity contribution is 5.69. The molecule has 0 spiro atoms. The number of likely N-dealkylation sites (N-methyl/N-ethyl adjacent to an activating group) is 2. The first-order valence-corrected chi connectivity index (χ1v) is 5.83. The van der Waals surface area contributed by atoms with Crippen molar-refractivity contribution in [2.24, 2.45) is 0 Å². The topological polar surface area (TPSA) is 56.3 Å². The predicted octanol–water partition coefficient (Wildman–Crippen LogP) is 1.28. The Kier molecular flexibility index (Phi) is 3.21. The number of nitrogen functional groups attached to an aromatic ring is 1. The Bertz CT molecular complexity index is 449. The van der Waals surface area contributed by atoms with Crippen LogP contribution in [0.4, 0.5) is 11.4 Å². The second kappa shape index (κ2) is 4.64. The van der Waals surface area contributed by atoms with Crippen molar-refractivity contribution in [2.75, 3.05) is 37.8 Å². The molecule has 90 valence electrons. The van der Waals surface area contributed by atoms with Gasteiger partial charge in [0.25, 0.3) is 0 Å². The molecule has 0 aromatic heterocycles. The number of rotatable bonds is 2. The third-order valence-electron chi connectivity index (χ3n) is 3.45. The Labute approximate surface area is 102 Å². The Morgan fingerprint density at radius 2 is 2.29 bits per heavy atom. The van der Waals surface area contributed by atoms with E-state index in [9.17, 15) is 0 Å². The minimum atomic E-state index is 0.483. The summed E-state index contributed by atoms with van der Waals surface area (Å²) in [6.45, 7) is 2.17. The molecule has 4 nitrogen and oxygen atoms in total. The summed E-state index contributed by atoms with van der Waals surface area (Å²) in [4.78, 5) is 4.51. The van der Waals surface area contributed by atoms with Crippen LogP contribution in [0.3, 0.4) is 0 Å². The van der Waals surface area contributed by atoms with Gasteiger partial charge in [-0.3, -0.25) is 0 Å². The Hall–Kier alpha value is -1.73. The van der Waals surface area contributed by atoms with Gasteiger partial charge in [0.15, 0.2) is 0 Å². The van der Waals surface area contributed by atoms with Crippen molar-refractivity contribution >= 4 is 11.4 Å². The highest BCUT2D eigenvalue weighted by atomic mass is 15.2. The first-order chi connectivity index (χ1) is 8.11. The van der Waals surface area contributed by atoms with Crippen molar-refractivity contribution in [3.63, 3.8) is 0 Å². The van der Waals surface area contributed by atoms with E-state index < -0.39 is 0 Å². The van der Waals surface area contributed by atoms with Gasteiger partial charge in [-0.25, -0.2) is 0 Å². The minimum Gasteiger partial charge on any atom is -0.397 e. The van der Waals surface area contributed by atoms with Crippen LogP contribution in [0, 0.1) is 11.3 Å². The second-order valence-corrected chi connectivity index (χ2v) is 4.70. The molecule has 4 heteroatoms. The molecule has 0 aliphatic carbocycles. The number of nitriles is 1. The highest BCUT2D eigenvalue weighted by Crippen LogP contribution is 2.27. The Morgan fingerprint density at radius 1 is 1.53 bits per heavy atom. The average molecular weight is 230 g/mol. The molecular weight excluding hydrogens is 212 g/mol. The van der Waals surface area contributed by atoms with E-state index in [0.717, 1.165) is 30.9 Å². The molecule has 1 fully saturated rings. The average Bonchev–Trinajstić information content (AvgIpc) is 2.76. The van der Waals surface area contributed by atoms with Gasteiger partial charge in [-0.2, -0.15) is 5.26 Å². The summed E-state index contributed by atoms with van der Waals surface area (Å²) >= 11 is 0. The van der Waals surface area contributed by atoms with E-state index in [1.165, 1.54) is 0 Å². The fraction of sp³-hybridized carbons (Fsp3) is 0.462. The first kappa shape index (κ1) is 11.7. The minimum absolute atomic E-state index is 0.483. The smallest absolute Gasteiger partial charge is 0.0992 e. The van der Waals surface area contributed by atoms with Gasteiger partial charge >= 0.3 is 0 Å². The Balaban J connectivity index is 2.24. The molecule has 1 heterocycles. The molecule has 1 aliphatic rings. The zero-order valence-electron chi connectivity index (χ0n) is 10.3. The largest absolute Gasteiger partial charge is 0.397 e. The molecule has 1 aromatic carbocycles.